The lowest BCUT2D eigenvalue weighted by Gasteiger charge is -2.25. The smallest absolute Gasteiger partial charge is 0.291 e. The summed E-state index contributed by atoms with van der Waals surface area (Å²) in [5.41, 5.74) is 1.90. The number of pyridine rings is 1. The molecule has 0 saturated carbocycles. The average molecular weight is 384 g/mol. The molecule has 0 saturated heterocycles. The molecular formula is C23H16N2O4. The second kappa shape index (κ2) is 6.60. The molecule has 0 bridgehead atoms. The number of nitrogens with zero attached hydrogens (tertiary/aromatic N) is 2. The Hall–Kier alpha value is -3.93. The van der Waals surface area contributed by atoms with Crippen molar-refractivity contribution in [3.8, 4) is 5.75 Å². The van der Waals surface area contributed by atoms with Gasteiger partial charge in [-0.3, -0.25) is 14.6 Å². The van der Waals surface area contributed by atoms with Gasteiger partial charge in [-0.05, 0) is 41.5 Å². The Labute approximate surface area is 165 Å². The van der Waals surface area contributed by atoms with E-state index in [-0.39, 0.29) is 29.4 Å². The summed E-state index contributed by atoms with van der Waals surface area (Å²) in [5, 5.41) is 10.4. The van der Waals surface area contributed by atoms with Crippen LogP contribution in [-0.2, 0) is 6.54 Å². The van der Waals surface area contributed by atoms with E-state index < -0.39 is 6.04 Å². The van der Waals surface area contributed by atoms with Crippen LogP contribution in [0.25, 0.3) is 11.0 Å². The molecular weight excluding hydrogens is 368 g/mol. The van der Waals surface area contributed by atoms with Gasteiger partial charge in [0.15, 0.2) is 5.43 Å². The number of carbonyl (C=O) groups excluding carboxylic acids is 1. The molecule has 29 heavy (non-hydrogen) atoms. The molecule has 0 unspecified atom stereocenters. The summed E-state index contributed by atoms with van der Waals surface area (Å²) >= 11 is 0. The molecule has 6 heteroatoms. The average Bonchev–Trinajstić information content (AvgIpc) is 3.01. The van der Waals surface area contributed by atoms with E-state index in [0.717, 1.165) is 5.56 Å². The van der Waals surface area contributed by atoms with Crippen LogP contribution in [0.4, 0.5) is 0 Å². The normalized spacial score (nSPS) is 15.7. The van der Waals surface area contributed by atoms with Crippen molar-refractivity contribution in [2.75, 3.05) is 0 Å². The van der Waals surface area contributed by atoms with Crippen LogP contribution in [0, 0.1) is 0 Å². The third-order valence-electron chi connectivity index (χ3n) is 5.13. The number of benzene rings is 2. The highest BCUT2D eigenvalue weighted by molar-refractivity contribution is 5.99. The number of hydrogen-bond acceptors (Lipinski definition) is 5. The quantitative estimate of drug-likeness (QED) is 0.583. The van der Waals surface area contributed by atoms with Gasteiger partial charge in [0.2, 0.25) is 5.76 Å². The largest absolute Gasteiger partial charge is 0.508 e. The van der Waals surface area contributed by atoms with Crippen LogP contribution in [0.15, 0.2) is 82.3 Å². The maximum absolute atomic E-state index is 13.3. The fourth-order valence-corrected chi connectivity index (χ4v) is 3.86. The first kappa shape index (κ1) is 17.2. The number of carbonyl (C=O) groups is 1. The highest BCUT2D eigenvalue weighted by Gasteiger charge is 2.42. The number of phenolic OH excluding ortho intramolecular Hbond substituents is 1. The molecule has 0 spiro atoms. The van der Waals surface area contributed by atoms with Gasteiger partial charge in [-0.2, -0.15) is 0 Å². The standard InChI is InChI=1S/C23H16N2O4/c26-16-7-3-6-15(11-16)20-19-21(27)17-8-1-2-9-18(17)29-22(19)23(28)25(20)13-14-5-4-10-24-12-14/h1-12,20,26H,13H2/t20-/m1/s1. The monoisotopic (exact) mass is 384 g/mol. The summed E-state index contributed by atoms with van der Waals surface area (Å²) in [6.07, 6.45) is 3.34. The topological polar surface area (TPSA) is 83.6 Å². The van der Waals surface area contributed by atoms with Crippen LogP contribution < -0.4 is 5.43 Å². The predicted molar refractivity (Wildman–Crippen MR) is 107 cm³/mol. The first-order valence-electron chi connectivity index (χ1n) is 9.18. The van der Waals surface area contributed by atoms with Gasteiger partial charge in [-0.15, -0.1) is 0 Å². The molecule has 6 nitrogen and oxygen atoms in total. The summed E-state index contributed by atoms with van der Waals surface area (Å²) in [7, 11) is 0. The molecule has 0 radical (unpaired) electrons. The van der Waals surface area contributed by atoms with Crippen molar-refractivity contribution in [1.29, 1.82) is 0 Å². The maximum atomic E-state index is 13.3. The van der Waals surface area contributed by atoms with Crippen molar-refractivity contribution >= 4 is 16.9 Å². The van der Waals surface area contributed by atoms with Gasteiger partial charge >= 0.3 is 0 Å². The minimum Gasteiger partial charge on any atom is -0.508 e. The zero-order valence-corrected chi connectivity index (χ0v) is 15.3. The Morgan fingerprint density at radius 2 is 1.90 bits per heavy atom. The summed E-state index contributed by atoms with van der Waals surface area (Å²) in [4.78, 5) is 32.3. The first-order chi connectivity index (χ1) is 14.1. The lowest BCUT2D eigenvalue weighted by atomic mass is 9.98. The zero-order chi connectivity index (χ0) is 20.0. The summed E-state index contributed by atoms with van der Waals surface area (Å²) in [5.74, 6) is -0.249. The Morgan fingerprint density at radius 1 is 1.03 bits per heavy atom. The lowest BCUT2D eigenvalue weighted by Crippen LogP contribution is -2.29. The van der Waals surface area contributed by atoms with E-state index in [9.17, 15) is 14.7 Å². The molecule has 2 aromatic heterocycles. The summed E-state index contributed by atoms with van der Waals surface area (Å²) in [6.45, 7) is 0.257. The second-order valence-corrected chi connectivity index (χ2v) is 6.96. The van der Waals surface area contributed by atoms with Crippen LogP contribution in [0.1, 0.15) is 33.3 Å². The second-order valence-electron chi connectivity index (χ2n) is 6.96. The van der Waals surface area contributed by atoms with Crippen LogP contribution in [-0.4, -0.2) is 20.9 Å². The fourth-order valence-electron chi connectivity index (χ4n) is 3.86. The maximum Gasteiger partial charge on any atom is 0.291 e. The van der Waals surface area contributed by atoms with E-state index in [1.54, 1.807) is 71.9 Å². The lowest BCUT2D eigenvalue weighted by molar-refractivity contribution is 0.0714. The Bertz CT molecular complexity index is 1300. The molecule has 142 valence electrons. The first-order valence-corrected chi connectivity index (χ1v) is 9.18. The molecule has 4 aromatic rings. The highest BCUT2D eigenvalue weighted by atomic mass is 16.3. The number of fused-ring (bicyclic) bond motifs is 2. The van der Waals surface area contributed by atoms with E-state index in [4.69, 9.17) is 4.42 Å². The predicted octanol–water partition coefficient (Wildman–Crippen LogP) is 3.64. The molecule has 1 atom stereocenters. The van der Waals surface area contributed by atoms with E-state index in [2.05, 4.69) is 4.98 Å². The molecule has 1 N–H and O–H groups in total. The molecule has 1 amide bonds. The van der Waals surface area contributed by atoms with Crippen molar-refractivity contribution in [3.63, 3.8) is 0 Å². The number of rotatable bonds is 3. The number of phenols is 1. The van der Waals surface area contributed by atoms with Crippen molar-refractivity contribution in [1.82, 2.24) is 9.88 Å². The molecule has 1 aliphatic heterocycles. The Morgan fingerprint density at radius 3 is 2.69 bits per heavy atom. The number of hydrogen-bond donors (Lipinski definition) is 1. The minimum absolute atomic E-state index is 0.0472. The van der Waals surface area contributed by atoms with E-state index in [1.807, 2.05) is 6.07 Å². The van der Waals surface area contributed by atoms with E-state index >= 15 is 0 Å². The number of aromatic nitrogens is 1. The van der Waals surface area contributed by atoms with E-state index in [1.165, 1.54) is 0 Å². The molecule has 2 aromatic carbocycles. The van der Waals surface area contributed by atoms with Gasteiger partial charge < -0.3 is 14.4 Å². The Balaban J connectivity index is 1.74. The molecule has 0 aliphatic carbocycles. The number of amides is 1. The summed E-state index contributed by atoms with van der Waals surface area (Å²) in [6, 6.07) is 16.5. The highest BCUT2D eigenvalue weighted by Crippen LogP contribution is 2.39. The van der Waals surface area contributed by atoms with Crippen molar-refractivity contribution < 1.29 is 14.3 Å². The number of aromatic hydroxyl groups is 1. The van der Waals surface area contributed by atoms with Crippen LogP contribution in [0.2, 0.25) is 0 Å². The number of para-hydroxylation sites is 1. The van der Waals surface area contributed by atoms with Crippen molar-refractivity contribution in [2.24, 2.45) is 0 Å². The van der Waals surface area contributed by atoms with Gasteiger partial charge in [-0.1, -0.05) is 30.3 Å². The van der Waals surface area contributed by atoms with Gasteiger partial charge in [0.1, 0.15) is 11.3 Å². The van der Waals surface area contributed by atoms with Crippen LogP contribution >= 0.6 is 0 Å². The third kappa shape index (κ3) is 2.77. The minimum atomic E-state index is -0.661. The van der Waals surface area contributed by atoms with Crippen LogP contribution in [0.5, 0.6) is 5.75 Å². The van der Waals surface area contributed by atoms with E-state index in [0.29, 0.717) is 22.1 Å². The van der Waals surface area contributed by atoms with Crippen LogP contribution in [0.3, 0.4) is 0 Å². The fraction of sp³-hybridized carbons (Fsp3) is 0.0870. The molecule has 5 rings (SSSR count). The van der Waals surface area contributed by atoms with Gasteiger partial charge in [0.05, 0.1) is 17.0 Å². The third-order valence-corrected chi connectivity index (χ3v) is 5.13. The Kier molecular flexibility index (Phi) is 3.91. The molecule has 0 fully saturated rings. The van der Waals surface area contributed by atoms with Gasteiger partial charge in [-0.25, -0.2) is 0 Å². The molecule has 1 aliphatic rings. The molecule has 3 heterocycles. The van der Waals surface area contributed by atoms with Crippen molar-refractivity contribution in [3.05, 3.63) is 106 Å². The van der Waals surface area contributed by atoms with Gasteiger partial charge in [0, 0.05) is 18.9 Å². The zero-order valence-electron chi connectivity index (χ0n) is 15.3. The van der Waals surface area contributed by atoms with Gasteiger partial charge in [0.25, 0.3) is 5.91 Å². The SMILES string of the molecule is O=C1c2oc3ccccc3c(=O)c2[C@@H](c2cccc(O)c2)N1Cc1cccnc1. The van der Waals surface area contributed by atoms with Crippen molar-refractivity contribution in [2.45, 2.75) is 12.6 Å². The summed E-state index contributed by atoms with van der Waals surface area (Å²) < 4.78 is 5.88.